The third kappa shape index (κ3) is 5.65. The summed E-state index contributed by atoms with van der Waals surface area (Å²) in [4.78, 5) is 17.1. The minimum absolute atomic E-state index is 0.130. The Kier molecular flexibility index (Phi) is 7.64. The van der Waals surface area contributed by atoms with Gasteiger partial charge in [0.1, 0.15) is 10.0 Å². The first-order chi connectivity index (χ1) is 15.5. The van der Waals surface area contributed by atoms with Gasteiger partial charge in [0.05, 0.1) is 7.11 Å². The second-order valence-corrected chi connectivity index (χ2v) is 11.8. The van der Waals surface area contributed by atoms with Gasteiger partial charge < -0.3 is 9.30 Å². The Bertz CT molecular complexity index is 1220. The summed E-state index contributed by atoms with van der Waals surface area (Å²) < 4.78 is 34.8. The second kappa shape index (κ2) is 10.1. The molecule has 0 aliphatic heterocycles. The zero-order valence-corrected chi connectivity index (χ0v) is 21.5. The summed E-state index contributed by atoms with van der Waals surface area (Å²) in [6.07, 6.45) is 3.52. The predicted octanol–water partition coefficient (Wildman–Crippen LogP) is 5.33. The van der Waals surface area contributed by atoms with E-state index >= 15 is 0 Å². The number of nitrogens with zero attached hydrogens (tertiary/aromatic N) is 2. The summed E-state index contributed by atoms with van der Waals surface area (Å²) in [6.45, 7) is 11.0. The molecule has 0 unspecified atom stereocenters. The lowest BCUT2D eigenvalue weighted by Crippen LogP contribution is -2.30. The molecule has 1 aromatic carbocycles. The molecule has 0 bridgehead atoms. The van der Waals surface area contributed by atoms with Crippen LogP contribution >= 0.6 is 11.3 Å². The van der Waals surface area contributed by atoms with Gasteiger partial charge >= 0.3 is 6.09 Å². The fourth-order valence-electron chi connectivity index (χ4n) is 3.75. The third-order valence-electron chi connectivity index (χ3n) is 5.31. The Balaban J connectivity index is 2.01. The molecular weight excluding hydrogens is 458 g/mol. The van der Waals surface area contributed by atoms with Crippen molar-refractivity contribution in [2.45, 2.75) is 57.7 Å². The van der Waals surface area contributed by atoms with E-state index in [1.807, 2.05) is 42.1 Å². The van der Waals surface area contributed by atoms with Gasteiger partial charge in [0.2, 0.25) is 0 Å². The van der Waals surface area contributed by atoms with Crippen molar-refractivity contribution in [3.63, 3.8) is 0 Å². The highest BCUT2D eigenvalue weighted by molar-refractivity contribution is 7.92. The molecule has 2 heterocycles. The van der Waals surface area contributed by atoms with E-state index in [0.717, 1.165) is 40.9 Å². The number of nitrogens with one attached hydrogen (secondary N) is 1. The topological polar surface area (TPSA) is 90.3 Å². The first kappa shape index (κ1) is 25.0. The van der Waals surface area contributed by atoms with E-state index in [1.54, 1.807) is 6.20 Å². The van der Waals surface area contributed by atoms with Gasteiger partial charge in [-0.2, -0.15) is 0 Å². The summed E-state index contributed by atoms with van der Waals surface area (Å²) >= 11 is 1.21. The minimum atomic E-state index is -4.07. The van der Waals surface area contributed by atoms with Crippen LogP contribution in [0.15, 0.2) is 40.9 Å². The smallest absolute Gasteiger partial charge is 0.420 e. The summed E-state index contributed by atoms with van der Waals surface area (Å²) in [5, 5.41) is 0. The van der Waals surface area contributed by atoms with Crippen molar-refractivity contribution < 1.29 is 17.9 Å². The third-order valence-corrected chi connectivity index (χ3v) is 8.46. The van der Waals surface area contributed by atoms with Crippen LogP contribution in [0, 0.1) is 12.8 Å². The molecule has 0 aliphatic carbocycles. The summed E-state index contributed by atoms with van der Waals surface area (Å²) in [6, 6.07) is 7.88. The number of benzene rings is 1. The van der Waals surface area contributed by atoms with Crippen LogP contribution in [0.2, 0.25) is 0 Å². The molecule has 0 spiro atoms. The van der Waals surface area contributed by atoms with Crippen molar-refractivity contribution in [1.29, 1.82) is 0 Å². The highest BCUT2D eigenvalue weighted by atomic mass is 32.2. The summed E-state index contributed by atoms with van der Waals surface area (Å²) in [5.41, 5.74) is 3.43. The van der Waals surface area contributed by atoms with E-state index in [4.69, 9.17) is 0 Å². The SMILES string of the molecule is COC(=O)NS(=O)(=O)c1sc(CC(C)C)c(C)c1-c1ccc(Cn2ccnc2C(C)C)cc1. The minimum Gasteiger partial charge on any atom is -0.452 e. The molecule has 0 fully saturated rings. The molecule has 3 aromatic rings. The van der Waals surface area contributed by atoms with Gasteiger partial charge in [-0.1, -0.05) is 52.0 Å². The van der Waals surface area contributed by atoms with Crippen molar-refractivity contribution in [2.24, 2.45) is 5.92 Å². The van der Waals surface area contributed by atoms with Crippen molar-refractivity contribution in [2.75, 3.05) is 7.11 Å². The predicted molar refractivity (Wildman–Crippen MR) is 131 cm³/mol. The Morgan fingerprint density at radius 1 is 1.18 bits per heavy atom. The van der Waals surface area contributed by atoms with Crippen LogP contribution in [0.3, 0.4) is 0 Å². The molecule has 9 heteroatoms. The lowest BCUT2D eigenvalue weighted by atomic mass is 9.99. The quantitative estimate of drug-likeness (QED) is 0.462. The van der Waals surface area contributed by atoms with Crippen LogP contribution in [-0.2, 0) is 27.7 Å². The average Bonchev–Trinajstić information content (AvgIpc) is 3.33. The number of rotatable bonds is 8. The maximum atomic E-state index is 13.0. The number of carbonyl (C=O) groups excluding carboxylic acids is 1. The van der Waals surface area contributed by atoms with Crippen LogP contribution in [0.5, 0.6) is 0 Å². The molecule has 0 saturated heterocycles. The summed E-state index contributed by atoms with van der Waals surface area (Å²) in [5.74, 6) is 1.71. The monoisotopic (exact) mass is 489 g/mol. The number of ether oxygens (including phenoxy) is 1. The lowest BCUT2D eigenvalue weighted by Gasteiger charge is -2.12. The second-order valence-electron chi connectivity index (χ2n) is 8.77. The highest BCUT2D eigenvalue weighted by Crippen LogP contribution is 2.40. The van der Waals surface area contributed by atoms with Gasteiger partial charge in [0, 0.05) is 35.3 Å². The Labute approximate surface area is 199 Å². The molecule has 1 amide bonds. The van der Waals surface area contributed by atoms with Gasteiger partial charge in [-0.3, -0.25) is 0 Å². The number of carbonyl (C=O) groups is 1. The average molecular weight is 490 g/mol. The van der Waals surface area contributed by atoms with Gasteiger partial charge in [-0.05, 0) is 36.0 Å². The van der Waals surface area contributed by atoms with Crippen LogP contribution in [-0.4, -0.2) is 31.2 Å². The van der Waals surface area contributed by atoms with Crippen LogP contribution in [0.4, 0.5) is 4.79 Å². The van der Waals surface area contributed by atoms with Crippen LogP contribution in [0.1, 0.15) is 55.4 Å². The maximum Gasteiger partial charge on any atom is 0.420 e. The first-order valence-corrected chi connectivity index (χ1v) is 13.2. The molecular formula is C24H31N3O4S2. The molecule has 0 atom stereocenters. The molecule has 3 rings (SSSR count). The number of hydrogen-bond donors (Lipinski definition) is 1. The fourth-order valence-corrected chi connectivity index (χ4v) is 6.82. The molecule has 0 radical (unpaired) electrons. The standard InChI is InChI=1S/C24H31N3O4S2/c1-15(2)13-20-17(5)21(23(32-20)33(29,30)26-24(28)31-6)19-9-7-18(8-10-19)14-27-12-11-25-22(27)16(3)4/h7-12,15-16H,13-14H2,1-6H3,(H,26,28). The number of sulfonamides is 1. The Hall–Kier alpha value is -2.65. The van der Waals surface area contributed by atoms with E-state index in [-0.39, 0.29) is 4.21 Å². The van der Waals surface area contributed by atoms with Crippen molar-refractivity contribution in [1.82, 2.24) is 14.3 Å². The molecule has 33 heavy (non-hydrogen) atoms. The number of methoxy groups -OCH3 is 1. The van der Waals surface area contributed by atoms with Gasteiger partial charge in [-0.25, -0.2) is 22.9 Å². The van der Waals surface area contributed by atoms with E-state index in [9.17, 15) is 13.2 Å². The van der Waals surface area contributed by atoms with Gasteiger partial charge in [-0.15, -0.1) is 11.3 Å². The van der Waals surface area contributed by atoms with Gasteiger partial charge in [0.15, 0.2) is 0 Å². The number of thiophene rings is 1. The number of amides is 1. The molecule has 0 saturated carbocycles. The Morgan fingerprint density at radius 3 is 2.42 bits per heavy atom. The molecule has 0 aliphatic rings. The van der Waals surface area contributed by atoms with E-state index in [0.29, 0.717) is 23.9 Å². The van der Waals surface area contributed by atoms with Crippen molar-refractivity contribution in [3.8, 4) is 11.1 Å². The van der Waals surface area contributed by atoms with E-state index in [2.05, 4.69) is 42.0 Å². The zero-order valence-electron chi connectivity index (χ0n) is 19.9. The molecule has 7 nitrogen and oxygen atoms in total. The normalized spacial score (nSPS) is 11.9. The molecule has 2 aromatic heterocycles. The first-order valence-electron chi connectivity index (χ1n) is 10.9. The highest BCUT2D eigenvalue weighted by Gasteiger charge is 2.28. The van der Waals surface area contributed by atoms with E-state index < -0.39 is 16.1 Å². The van der Waals surface area contributed by atoms with Crippen LogP contribution < -0.4 is 4.72 Å². The number of imidazole rings is 1. The van der Waals surface area contributed by atoms with Crippen molar-refractivity contribution in [3.05, 3.63) is 58.5 Å². The summed E-state index contributed by atoms with van der Waals surface area (Å²) in [7, 11) is -2.93. The van der Waals surface area contributed by atoms with Crippen LogP contribution in [0.25, 0.3) is 11.1 Å². The number of hydrogen-bond acceptors (Lipinski definition) is 6. The maximum absolute atomic E-state index is 13.0. The molecule has 1 N–H and O–H groups in total. The fraction of sp³-hybridized carbons (Fsp3) is 0.417. The zero-order chi connectivity index (χ0) is 24.3. The van der Waals surface area contributed by atoms with E-state index in [1.165, 1.54) is 11.3 Å². The van der Waals surface area contributed by atoms with Gasteiger partial charge in [0.25, 0.3) is 10.0 Å². The van der Waals surface area contributed by atoms with Crippen molar-refractivity contribution >= 4 is 27.5 Å². The molecule has 178 valence electrons. The Morgan fingerprint density at radius 2 is 1.85 bits per heavy atom. The lowest BCUT2D eigenvalue weighted by molar-refractivity contribution is 0.177. The number of aromatic nitrogens is 2. The largest absolute Gasteiger partial charge is 0.452 e.